The third kappa shape index (κ3) is 4.52. The van der Waals surface area contributed by atoms with Gasteiger partial charge in [-0.1, -0.05) is 53.0 Å². The second-order valence-corrected chi connectivity index (χ2v) is 6.65. The Kier molecular flexibility index (Phi) is 5.80. The van der Waals surface area contributed by atoms with Gasteiger partial charge in [-0.3, -0.25) is 0 Å². The van der Waals surface area contributed by atoms with Crippen LogP contribution in [-0.2, 0) is 17.8 Å². The van der Waals surface area contributed by atoms with Crippen LogP contribution in [0, 0.1) is 0 Å². The first-order valence-electron chi connectivity index (χ1n) is 7.40. The van der Waals surface area contributed by atoms with Gasteiger partial charge in [0.25, 0.3) is 0 Å². The van der Waals surface area contributed by atoms with E-state index < -0.39 is 0 Å². The van der Waals surface area contributed by atoms with Crippen LogP contribution in [0.1, 0.15) is 22.9 Å². The molecule has 3 nitrogen and oxygen atoms in total. The summed E-state index contributed by atoms with van der Waals surface area (Å²) in [5, 5.41) is 1.89. The Morgan fingerprint density at radius 3 is 2.42 bits per heavy atom. The summed E-state index contributed by atoms with van der Waals surface area (Å²) in [6.07, 6.45) is 3.85. The van der Waals surface area contributed by atoms with Gasteiger partial charge < -0.3 is 9.72 Å². The number of halogens is 3. The lowest BCUT2D eigenvalue weighted by Crippen LogP contribution is -2.09. The van der Waals surface area contributed by atoms with E-state index in [1.54, 1.807) is 18.6 Å². The van der Waals surface area contributed by atoms with Gasteiger partial charge in [0.2, 0.25) is 0 Å². The van der Waals surface area contributed by atoms with E-state index in [4.69, 9.17) is 39.5 Å². The molecular formula is C18H15Cl3N2O. The molecule has 1 N–H and O–H groups in total. The van der Waals surface area contributed by atoms with Crippen LogP contribution in [-0.4, -0.2) is 9.97 Å². The van der Waals surface area contributed by atoms with Gasteiger partial charge in [-0.05, 0) is 35.4 Å². The number of H-pyrrole nitrogens is 1. The molecular weight excluding hydrogens is 367 g/mol. The third-order valence-electron chi connectivity index (χ3n) is 3.63. The average Bonchev–Trinajstić information content (AvgIpc) is 3.06. The van der Waals surface area contributed by atoms with Gasteiger partial charge in [-0.2, -0.15) is 0 Å². The number of ether oxygens (including phenoxy) is 1. The molecule has 0 fully saturated rings. The molecule has 0 saturated heterocycles. The van der Waals surface area contributed by atoms with Crippen molar-refractivity contribution < 1.29 is 4.74 Å². The summed E-state index contributed by atoms with van der Waals surface area (Å²) in [6.45, 7) is 0.453. The van der Waals surface area contributed by atoms with Crippen LogP contribution >= 0.6 is 34.8 Å². The maximum Gasteiger partial charge on any atom is 0.0921 e. The van der Waals surface area contributed by atoms with E-state index in [0.717, 1.165) is 16.8 Å². The fourth-order valence-electron chi connectivity index (χ4n) is 2.39. The van der Waals surface area contributed by atoms with Crippen LogP contribution in [0.15, 0.2) is 55.0 Å². The van der Waals surface area contributed by atoms with Crippen molar-refractivity contribution in [3.63, 3.8) is 0 Å². The molecule has 0 aliphatic heterocycles. The SMILES string of the molecule is Clc1ccc(CO[C@H](Cc2cnc[nH]2)c2ccc(Cl)cc2Cl)cc1. The smallest absolute Gasteiger partial charge is 0.0921 e. The van der Waals surface area contributed by atoms with E-state index in [0.29, 0.717) is 28.1 Å². The van der Waals surface area contributed by atoms with Gasteiger partial charge >= 0.3 is 0 Å². The quantitative estimate of drug-likeness (QED) is 0.580. The maximum atomic E-state index is 6.36. The Morgan fingerprint density at radius 1 is 1.00 bits per heavy atom. The molecule has 0 aliphatic rings. The Labute approximate surface area is 155 Å². The highest BCUT2D eigenvalue weighted by atomic mass is 35.5. The van der Waals surface area contributed by atoms with Gasteiger partial charge in [0, 0.05) is 33.4 Å². The van der Waals surface area contributed by atoms with Crippen LogP contribution in [0.25, 0.3) is 0 Å². The molecule has 3 aromatic rings. The van der Waals surface area contributed by atoms with Crippen LogP contribution in [0.4, 0.5) is 0 Å². The van der Waals surface area contributed by atoms with Crippen LogP contribution in [0.3, 0.4) is 0 Å². The van der Waals surface area contributed by atoms with Crippen molar-refractivity contribution in [2.45, 2.75) is 19.1 Å². The molecule has 1 aromatic heterocycles. The lowest BCUT2D eigenvalue weighted by Gasteiger charge is -2.19. The fourth-order valence-corrected chi connectivity index (χ4v) is 3.05. The standard InChI is InChI=1S/C18H15Cl3N2O/c19-13-3-1-12(2-4-13)10-24-18(8-15-9-22-11-23-15)16-6-5-14(20)7-17(16)21/h1-7,9,11,18H,8,10H2,(H,22,23)/t18-/m1/s1. The summed E-state index contributed by atoms with van der Waals surface area (Å²) in [5.74, 6) is 0. The van der Waals surface area contributed by atoms with E-state index in [9.17, 15) is 0 Å². The first kappa shape index (κ1) is 17.3. The van der Waals surface area contributed by atoms with E-state index in [2.05, 4.69) is 9.97 Å². The zero-order valence-corrected chi connectivity index (χ0v) is 14.9. The Hall–Kier alpha value is -1.52. The molecule has 0 amide bonds. The zero-order chi connectivity index (χ0) is 16.9. The van der Waals surface area contributed by atoms with Gasteiger partial charge in [0.05, 0.1) is 19.0 Å². The lowest BCUT2D eigenvalue weighted by molar-refractivity contribution is 0.0394. The molecule has 0 bridgehead atoms. The molecule has 2 aromatic carbocycles. The minimum atomic E-state index is -0.217. The number of imidazole rings is 1. The summed E-state index contributed by atoms with van der Waals surface area (Å²) < 4.78 is 6.13. The number of aromatic nitrogens is 2. The maximum absolute atomic E-state index is 6.36. The fraction of sp³-hybridized carbons (Fsp3) is 0.167. The van der Waals surface area contributed by atoms with Gasteiger partial charge in [-0.25, -0.2) is 4.98 Å². The highest BCUT2D eigenvalue weighted by Crippen LogP contribution is 2.31. The summed E-state index contributed by atoms with van der Waals surface area (Å²) in [4.78, 5) is 7.15. The molecule has 3 rings (SSSR count). The second kappa shape index (κ2) is 8.04. The summed E-state index contributed by atoms with van der Waals surface area (Å²) in [7, 11) is 0. The number of rotatable bonds is 6. The van der Waals surface area contributed by atoms with Crippen molar-refractivity contribution in [1.82, 2.24) is 9.97 Å². The molecule has 0 radical (unpaired) electrons. The van der Waals surface area contributed by atoms with Crippen molar-refractivity contribution in [3.8, 4) is 0 Å². The van der Waals surface area contributed by atoms with Crippen molar-refractivity contribution in [2.75, 3.05) is 0 Å². The van der Waals surface area contributed by atoms with Crippen LogP contribution in [0.2, 0.25) is 15.1 Å². The summed E-state index contributed by atoms with van der Waals surface area (Å²) in [6, 6.07) is 13.0. The predicted molar refractivity (Wildman–Crippen MR) is 97.7 cm³/mol. The van der Waals surface area contributed by atoms with Gasteiger partial charge in [0.1, 0.15) is 0 Å². The predicted octanol–water partition coefficient (Wildman–Crippen LogP) is 5.87. The molecule has 124 valence electrons. The normalized spacial score (nSPS) is 12.3. The summed E-state index contributed by atoms with van der Waals surface area (Å²) in [5.41, 5.74) is 2.91. The first-order valence-corrected chi connectivity index (χ1v) is 8.53. The molecule has 0 unspecified atom stereocenters. The highest BCUT2D eigenvalue weighted by Gasteiger charge is 2.17. The number of nitrogens with zero attached hydrogens (tertiary/aromatic N) is 1. The molecule has 0 saturated carbocycles. The van der Waals surface area contributed by atoms with Crippen LogP contribution in [0.5, 0.6) is 0 Å². The number of hydrogen-bond acceptors (Lipinski definition) is 2. The van der Waals surface area contributed by atoms with E-state index in [1.807, 2.05) is 36.4 Å². The molecule has 0 aliphatic carbocycles. The Bertz CT molecular complexity index is 789. The van der Waals surface area contributed by atoms with Crippen molar-refractivity contribution in [2.24, 2.45) is 0 Å². The largest absolute Gasteiger partial charge is 0.368 e. The number of benzene rings is 2. The van der Waals surface area contributed by atoms with E-state index in [-0.39, 0.29) is 6.10 Å². The Balaban J connectivity index is 1.80. The number of nitrogens with one attached hydrogen (secondary N) is 1. The molecule has 6 heteroatoms. The topological polar surface area (TPSA) is 37.9 Å². The number of hydrogen-bond donors (Lipinski definition) is 1. The first-order chi connectivity index (χ1) is 11.6. The zero-order valence-electron chi connectivity index (χ0n) is 12.7. The van der Waals surface area contributed by atoms with Crippen molar-refractivity contribution in [1.29, 1.82) is 0 Å². The van der Waals surface area contributed by atoms with Crippen molar-refractivity contribution in [3.05, 3.63) is 86.9 Å². The van der Waals surface area contributed by atoms with Gasteiger partial charge in [0.15, 0.2) is 0 Å². The monoisotopic (exact) mass is 380 g/mol. The van der Waals surface area contributed by atoms with Crippen LogP contribution < -0.4 is 0 Å². The minimum absolute atomic E-state index is 0.217. The lowest BCUT2D eigenvalue weighted by atomic mass is 10.0. The molecule has 1 heterocycles. The third-order valence-corrected chi connectivity index (χ3v) is 4.45. The van der Waals surface area contributed by atoms with E-state index in [1.165, 1.54) is 0 Å². The summed E-state index contributed by atoms with van der Waals surface area (Å²) >= 11 is 18.3. The van der Waals surface area contributed by atoms with Crippen molar-refractivity contribution >= 4 is 34.8 Å². The molecule has 0 spiro atoms. The average molecular weight is 382 g/mol. The minimum Gasteiger partial charge on any atom is -0.368 e. The number of aromatic amines is 1. The highest BCUT2D eigenvalue weighted by molar-refractivity contribution is 6.35. The molecule has 24 heavy (non-hydrogen) atoms. The van der Waals surface area contributed by atoms with E-state index >= 15 is 0 Å². The van der Waals surface area contributed by atoms with Gasteiger partial charge in [-0.15, -0.1) is 0 Å². The second-order valence-electron chi connectivity index (χ2n) is 5.37. The molecule has 1 atom stereocenters. The Morgan fingerprint density at radius 2 is 1.75 bits per heavy atom.